The summed E-state index contributed by atoms with van der Waals surface area (Å²) in [5.41, 5.74) is 1.83. The Morgan fingerprint density at radius 2 is 2.27 bits per heavy atom. The summed E-state index contributed by atoms with van der Waals surface area (Å²) in [5.74, 6) is 1.56. The van der Waals surface area contributed by atoms with Crippen molar-refractivity contribution in [1.82, 2.24) is 14.7 Å². The molecule has 0 atom stereocenters. The number of methoxy groups -OCH3 is 1. The predicted octanol–water partition coefficient (Wildman–Crippen LogP) is 3.75. The number of hydrogen-bond acceptors (Lipinski definition) is 6. The number of halogens is 1. The molecule has 1 amide bonds. The van der Waals surface area contributed by atoms with E-state index in [1.807, 2.05) is 18.2 Å². The zero-order valence-electron chi connectivity index (χ0n) is 14.5. The van der Waals surface area contributed by atoms with Crippen molar-refractivity contribution >= 4 is 46.1 Å². The molecule has 1 aromatic carbocycles. The molecule has 0 saturated heterocycles. The quantitative estimate of drug-likeness (QED) is 0.586. The van der Waals surface area contributed by atoms with Gasteiger partial charge in [0.15, 0.2) is 11.0 Å². The number of rotatable bonds is 8. The van der Waals surface area contributed by atoms with Gasteiger partial charge >= 0.3 is 0 Å². The first-order chi connectivity index (χ1) is 12.6. The van der Waals surface area contributed by atoms with Gasteiger partial charge < -0.3 is 19.1 Å². The Kier molecular flexibility index (Phi) is 6.18. The first-order valence-corrected chi connectivity index (χ1v) is 9.44. The molecular formula is C17H19ClN4O3S. The number of nitrogens with zero attached hydrogens (tertiary/aromatic N) is 3. The number of fused-ring (bicyclic) bond motifs is 1. The van der Waals surface area contributed by atoms with Gasteiger partial charge in [0.1, 0.15) is 5.76 Å². The van der Waals surface area contributed by atoms with Gasteiger partial charge in [0, 0.05) is 36.9 Å². The third-order valence-electron chi connectivity index (χ3n) is 3.65. The van der Waals surface area contributed by atoms with Crippen LogP contribution in [0.2, 0.25) is 5.02 Å². The normalized spacial score (nSPS) is 11.2. The average molecular weight is 395 g/mol. The maximum absolute atomic E-state index is 12.0. The maximum Gasteiger partial charge on any atom is 0.226 e. The zero-order valence-corrected chi connectivity index (χ0v) is 16.1. The molecule has 0 fully saturated rings. The fourth-order valence-corrected chi connectivity index (χ4v) is 3.60. The van der Waals surface area contributed by atoms with Crippen molar-refractivity contribution in [3.63, 3.8) is 0 Å². The van der Waals surface area contributed by atoms with E-state index in [4.69, 9.17) is 20.9 Å². The minimum absolute atomic E-state index is 0.117. The molecule has 7 nitrogen and oxygen atoms in total. The Bertz CT molecular complexity index is 909. The smallest absolute Gasteiger partial charge is 0.226 e. The van der Waals surface area contributed by atoms with Gasteiger partial charge in [-0.2, -0.15) is 0 Å². The summed E-state index contributed by atoms with van der Waals surface area (Å²) in [6.45, 7) is 3.03. The van der Waals surface area contributed by atoms with Crippen LogP contribution in [0.25, 0.3) is 11.0 Å². The van der Waals surface area contributed by atoms with Crippen molar-refractivity contribution in [3.05, 3.63) is 35.0 Å². The molecule has 0 aliphatic carbocycles. The average Bonchev–Trinajstić information content (AvgIpc) is 3.15. The number of carbonyl (C=O) groups excluding carboxylic acids is 1. The van der Waals surface area contributed by atoms with Gasteiger partial charge in [0.2, 0.25) is 5.91 Å². The second kappa shape index (κ2) is 8.57. The maximum atomic E-state index is 12.0. The lowest BCUT2D eigenvalue weighted by Crippen LogP contribution is -2.12. The Morgan fingerprint density at radius 3 is 3.00 bits per heavy atom. The van der Waals surface area contributed by atoms with Crippen LogP contribution in [0.3, 0.4) is 0 Å². The van der Waals surface area contributed by atoms with E-state index < -0.39 is 0 Å². The Hall–Kier alpha value is -2.03. The fraction of sp³-hybridized carbons (Fsp3) is 0.353. The van der Waals surface area contributed by atoms with Crippen molar-refractivity contribution in [3.8, 4) is 0 Å². The molecule has 3 rings (SSSR count). The number of carbonyl (C=O) groups is 1. The van der Waals surface area contributed by atoms with Crippen LogP contribution in [0.15, 0.2) is 33.9 Å². The minimum atomic E-state index is -0.117. The van der Waals surface area contributed by atoms with Crippen LogP contribution in [0.1, 0.15) is 12.2 Å². The molecule has 3 aromatic rings. The van der Waals surface area contributed by atoms with Crippen LogP contribution in [0.5, 0.6) is 0 Å². The number of aromatic nitrogens is 3. The molecule has 1 N–H and O–H groups in total. The van der Waals surface area contributed by atoms with E-state index in [1.165, 1.54) is 11.8 Å². The van der Waals surface area contributed by atoms with E-state index in [0.29, 0.717) is 41.9 Å². The van der Waals surface area contributed by atoms with Crippen molar-refractivity contribution in [2.75, 3.05) is 24.8 Å². The minimum Gasteiger partial charge on any atom is -0.383 e. The van der Waals surface area contributed by atoms with E-state index in [9.17, 15) is 4.79 Å². The third kappa shape index (κ3) is 4.57. The van der Waals surface area contributed by atoms with Gasteiger partial charge in [-0.25, -0.2) is 4.98 Å². The van der Waals surface area contributed by atoms with E-state index in [-0.39, 0.29) is 5.91 Å². The second-order valence-corrected chi connectivity index (χ2v) is 7.14. The van der Waals surface area contributed by atoms with Gasteiger partial charge in [-0.1, -0.05) is 28.5 Å². The largest absolute Gasteiger partial charge is 0.383 e. The fourth-order valence-electron chi connectivity index (χ4n) is 2.46. The molecule has 0 bridgehead atoms. The number of anilines is 1. The van der Waals surface area contributed by atoms with Gasteiger partial charge in [-0.15, -0.1) is 0 Å². The molecule has 0 aliphatic rings. The summed E-state index contributed by atoms with van der Waals surface area (Å²) in [6, 6.07) is 7.31. The lowest BCUT2D eigenvalue weighted by atomic mass is 10.3. The molecule has 26 heavy (non-hydrogen) atoms. The standard InChI is InChI=1S/C17H19ClN4O3S/c1-11-9-15(21-25-11)20-16(23)5-8-26-17-19-13-10-12(18)3-4-14(13)22(17)6-7-24-2/h3-4,9-10H,5-8H2,1-2H3,(H,20,21,23). The Morgan fingerprint density at radius 1 is 1.42 bits per heavy atom. The SMILES string of the molecule is COCCn1c(SCCC(=O)Nc2cc(C)on2)nc2cc(Cl)ccc21. The number of amides is 1. The molecule has 0 radical (unpaired) electrons. The van der Waals surface area contributed by atoms with Gasteiger partial charge in [0.05, 0.1) is 17.6 Å². The van der Waals surface area contributed by atoms with Crippen molar-refractivity contribution in [1.29, 1.82) is 0 Å². The van der Waals surface area contributed by atoms with Crippen molar-refractivity contribution < 1.29 is 14.1 Å². The summed E-state index contributed by atoms with van der Waals surface area (Å²) in [5, 5.41) is 7.94. The zero-order chi connectivity index (χ0) is 18.5. The highest BCUT2D eigenvalue weighted by Gasteiger charge is 2.13. The molecular weight excluding hydrogens is 376 g/mol. The molecule has 0 saturated carbocycles. The first-order valence-electron chi connectivity index (χ1n) is 8.07. The summed E-state index contributed by atoms with van der Waals surface area (Å²) in [7, 11) is 1.67. The van der Waals surface area contributed by atoms with Gasteiger partial charge in [-0.3, -0.25) is 4.79 Å². The van der Waals surface area contributed by atoms with E-state index in [0.717, 1.165) is 16.2 Å². The molecule has 2 aromatic heterocycles. The van der Waals surface area contributed by atoms with Crippen LogP contribution in [0.4, 0.5) is 5.82 Å². The van der Waals surface area contributed by atoms with Gasteiger partial charge in [0.25, 0.3) is 0 Å². The number of hydrogen-bond donors (Lipinski definition) is 1. The van der Waals surface area contributed by atoms with E-state index in [1.54, 1.807) is 20.1 Å². The number of nitrogens with one attached hydrogen (secondary N) is 1. The van der Waals surface area contributed by atoms with Crippen LogP contribution in [0, 0.1) is 6.92 Å². The molecule has 0 aliphatic heterocycles. The predicted molar refractivity (Wildman–Crippen MR) is 102 cm³/mol. The lowest BCUT2D eigenvalue weighted by Gasteiger charge is -2.08. The lowest BCUT2D eigenvalue weighted by molar-refractivity contribution is -0.115. The monoisotopic (exact) mass is 394 g/mol. The van der Waals surface area contributed by atoms with Crippen molar-refractivity contribution in [2.45, 2.75) is 25.0 Å². The van der Waals surface area contributed by atoms with E-state index in [2.05, 4.69) is 20.0 Å². The third-order valence-corrected chi connectivity index (χ3v) is 4.86. The second-order valence-electron chi connectivity index (χ2n) is 5.64. The summed E-state index contributed by atoms with van der Waals surface area (Å²) < 4.78 is 12.2. The van der Waals surface area contributed by atoms with Crippen LogP contribution in [-0.4, -0.2) is 40.1 Å². The number of thioether (sulfide) groups is 1. The van der Waals surface area contributed by atoms with Gasteiger partial charge in [-0.05, 0) is 25.1 Å². The molecule has 138 valence electrons. The Labute approximate surface area is 160 Å². The number of imidazole rings is 1. The first kappa shape index (κ1) is 18.8. The summed E-state index contributed by atoms with van der Waals surface area (Å²) in [6.07, 6.45) is 0.338. The van der Waals surface area contributed by atoms with E-state index >= 15 is 0 Å². The molecule has 0 spiro atoms. The number of aryl methyl sites for hydroxylation is 1. The van der Waals surface area contributed by atoms with Crippen molar-refractivity contribution in [2.24, 2.45) is 0 Å². The topological polar surface area (TPSA) is 82.2 Å². The molecule has 0 unspecified atom stereocenters. The van der Waals surface area contributed by atoms with Crippen LogP contribution < -0.4 is 5.32 Å². The summed E-state index contributed by atoms with van der Waals surface area (Å²) in [4.78, 5) is 16.7. The molecule has 9 heteroatoms. The molecule has 2 heterocycles. The van der Waals surface area contributed by atoms with Crippen LogP contribution >= 0.6 is 23.4 Å². The number of benzene rings is 1. The summed E-state index contributed by atoms with van der Waals surface area (Å²) >= 11 is 7.58. The Balaban J connectivity index is 1.64. The highest BCUT2D eigenvalue weighted by molar-refractivity contribution is 7.99. The van der Waals surface area contributed by atoms with Crippen LogP contribution in [-0.2, 0) is 16.1 Å². The highest BCUT2D eigenvalue weighted by atomic mass is 35.5. The highest BCUT2D eigenvalue weighted by Crippen LogP contribution is 2.26. The number of ether oxygens (including phenoxy) is 1.